The van der Waals surface area contributed by atoms with E-state index in [1.807, 2.05) is 6.92 Å². The fraction of sp³-hybridized carbons (Fsp3) is 0.273. The van der Waals surface area contributed by atoms with Crippen LogP contribution in [0.5, 0.6) is 0 Å². The summed E-state index contributed by atoms with van der Waals surface area (Å²) in [4.78, 5) is 0.915. The lowest BCUT2D eigenvalue weighted by molar-refractivity contribution is 0.509. The van der Waals surface area contributed by atoms with Gasteiger partial charge in [0.15, 0.2) is 11.6 Å². The third kappa shape index (κ3) is 2.65. The van der Waals surface area contributed by atoms with Gasteiger partial charge in [-0.15, -0.1) is 5.10 Å². The molecule has 0 aliphatic rings. The Labute approximate surface area is 102 Å². The van der Waals surface area contributed by atoms with Gasteiger partial charge in [0.1, 0.15) is 5.69 Å². The van der Waals surface area contributed by atoms with Gasteiger partial charge in [-0.2, -0.15) is 0 Å². The van der Waals surface area contributed by atoms with Crippen molar-refractivity contribution in [3.05, 3.63) is 34.7 Å². The zero-order valence-electron chi connectivity index (χ0n) is 9.20. The van der Waals surface area contributed by atoms with Crippen LogP contribution in [0, 0.1) is 11.6 Å². The van der Waals surface area contributed by atoms with Gasteiger partial charge < -0.3 is 5.32 Å². The summed E-state index contributed by atoms with van der Waals surface area (Å²) in [5.74, 6) is -1.73. The van der Waals surface area contributed by atoms with Crippen LogP contribution in [0.1, 0.15) is 11.8 Å². The maximum absolute atomic E-state index is 13.1. The Balaban J connectivity index is 2.32. The summed E-state index contributed by atoms with van der Waals surface area (Å²) < 4.78 is 29.8. The molecular formula is C11H11F2N3S. The molecule has 0 unspecified atom stereocenters. The first kappa shape index (κ1) is 12.1. The molecule has 1 aromatic carbocycles. The summed E-state index contributed by atoms with van der Waals surface area (Å²) >= 11 is 1.25. The number of benzene rings is 1. The first-order chi connectivity index (χ1) is 8.22. The molecule has 2 rings (SSSR count). The standard InChI is InChI=1S/C11H11F2N3S/c1-2-14-6-10-11(15-16-17-10)7-3-4-8(12)9(13)5-7/h3-5,14H,2,6H2,1H3. The molecule has 0 aliphatic heterocycles. The SMILES string of the molecule is CCNCc1snnc1-c1ccc(F)c(F)c1. The first-order valence-corrected chi connectivity index (χ1v) is 5.97. The highest BCUT2D eigenvalue weighted by Crippen LogP contribution is 2.25. The van der Waals surface area contributed by atoms with Crippen molar-refractivity contribution in [2.75, 3.05) is 6.54 Å². The average molecular weight is 255 g/mol. The second-order valence-corrected chi connectivity index (χ2v) is 4.29. The number of hydrogen-bond donors (Lipinski definition) is 1. The van der Waals surface area contributed by atoms with Crippen molar-refractivity contribution >= 4 is 11.5 Å². The Hall–Kier alpha value is -1.40. The molecule has 1 heterocycles. The van der Waals surface area contributed by atoms with Gasteiger partial charge in [0, 0.05) is 12.1 Å². The molecule has 0 amide bonds. The van der Waals surface area contributed by atoms with Crippen molar-refractivity contribution in [3.8, 4) is 11.3 Å². The van der Waals surface area contributed by atoms with Crippen LogP contribution in [0.15, 0.2) is 18.2 Å². The van der Waals surface area contributed by atoms with E-state index in [-0.39, 0.29) is 0 Å². The van der Waals surface area contributed by atoms with Crippen molar-refractivity contribution < 1.29 is 8.78 Å². The molecule has 0 spiro atoms. The summed E-state index contributed by atoms with van der Waals surface area (Å²) in [5, 5.41) is 7.10. The third-order valence-corrected chi connectivity index (χ3v) is 3.01. The Bertz CT molecular complexity index is 513. The lowest BCUT2D eigenvalue weighted by atomic mass is 10.1. The normalized spacial score (nSPS) is 10.8. The van der Waals surface area contributed by atoms with E-state index in [4.69, 9.17) is 0 Å². The number of hydrogen-bond acceptors (Lipinski definition) is 4. The number of halogens is 2. The van der Waals surface area contributed by atoms with Crippen LogP contribution in [0.25, 0.3) is 11.3 Å². The van der Waals surface area contributed by atoms with Gasteiger partial charge in [-0.25, -0.2) is 8.78 Å². The van der Waals surface area contributed by atoms with Crippen molar-refractivity contribution in [1.29, 1.82) is 0 Å². The second-order valence-electron chi connectivity index (χ2n) is 3.45. The van der Waals surface area contributed by atoms with Crippen LogP contribution in [0.2, 0.25) is 0 Å². The highest BCUT2D eigenvalue weighted by molar-refractivity contribution is 7.05. The van der Waals surface area contributed by atoms with Crippen molar-refractivity contribution in [1.82, 2.24) is 14.9 Å². The molecule has 17 heavy (non-hydrogen) atoms. The van der Waals surface area contributed by atoms with Gasteiger partial charge in [0.2, 0.25) is 0 Å². The van der Waals surface area contributed by atoms with E-state index in [0.29, 0.717) is 17.8 Å². The molecule has 0 saturated heterocycles. The lowest BCUT2D eigenvalue weighted by Crippen LogP contribution is -2.11. The van der Waals surface area contributed by atoms with E-state index < -0.39 is 11.6 Å². The van der Waals surface area contributed by atoms with E-state index in [1.165, 1.54) is 17.6 Å². The van der Waals surface area contributed by atoms with Gasteiger partial charge in [-0.1, -0.05) is 11.4 Å². The third-order valence-electron chi connectivity index (χ3n) is 2.28. The molecule has 0 fully saturated rings. The molecule has 3 nitrogen and oxygen atoms in total. The van der Waals surface area contributed by atoms with Gasteiger partial charge in [-0.3, -0.25) is 0 Å². The molecular weight excluding hydrogens is 244 g/mol. The molecule has 0 atom stereocenters. The summed E-state index contributed by atoms with van der Waals surface area (Å²) in [6, 6.07) is 3.74. The van der Waals surface area contributed by atoms with Gasteiger partial charge in [0.05, 0.1) is 4.88 Å². The number of aromatic nitrogens is 2. The smallest absolute Gasteiger partial charge is 0.159 e. The molecule has 0 bridgehead atoms. The minimum atomic E-state index is -0.870. The van der Waals surface area contributed by atoms with Gasteiger partial charge >= 0.3 is 0 Å². The minimum absolute atomic E-state index is 0.547. The highest BCUT2D eigenvalue weighted by Gasteiger charge is 2.12. The molecule has 0 radical (unpaired) electrons. The second kappa shape index (κ2) is 5.29. The minimum Gasteiger partial charge on any atom is -0.312 e. The van der Waals surface area contributed by atoms with Crippen molar-refractivity contribution in [3.63, 3.8) is 0 Å². The fourth-order valence-corrected chi connectivity index (χ4v) is 2.06. The topological polar surface area (TPSA) is 37.8 Å². The van der Waals surface area contributed by atoms with Gasteiger partial charge in [-0.05, 0) is 36.3 Å². The Morgan fingerprint density at radius 3 is 2.82 bits per heavy atom. The molecule has 0 saturated carbocycles. The van der Waals surface area contributed by atoms with Crippen LogP contribution in [0.4, 0.5) is 8.78 Å². The summed E-state index contributed by atoms with van der Waals surface area (Å²) in [6.07, 6.45) is 0. The Kier molecular flexibility index (Phi) is 3.75. The summed E-state index contributed by atoms with van der Waals surface area (Å²) in [7, 11) is 0. The van der Waals surface area contributed by atoms with Crippen molar-refractivity contribution in [2.45, 2.75) is 13.5 Å². The van der Waals surface area contributed by atoms with Crippen LogP contribution in [-0.2, 0) is 6.54 Å². The van der Waals surface area contributed by atoms with Crippen LogP contribution in [0.3, 0.4) is 0 Å². The summed E-state index contributed by atoms with van der Waals surface area (Å²) in [5.41, 5.74) is 1.15. The van der Waals surface area contributed by atoms with Gasteiger partial charge in [0.25, 0.3) is 0 Å². The van der Waals surface area contributed by atoms with E-state index in [1.54, 1.807) is 0 Å². The van der Waals surface area contributed by atoms with Crippen LogP contribution >= 0.6 is 11.5 Å². The maximum Gasteiger partial charge on any atom is 0.159 e. The van der Waals surface area contributed by atoms with Crippen LogP contribution < -0.4 is 5.32 Å². The van der Waals surface area contributed by atoms with E-state index >= 15 is 0 Å². The Morgan fingerprint density at radius 1 is 1.29 bits per heavy atom. The first-order valence-electron chi connectivity index (χ1n) is 5.19. The zero-order valence-corrected chi connectivity index (χ0v) is 10.0. The molecule has 1 aromatic heterocycles. The highest BCUT2D eigenvalue weighted by atomic mass is 32.1. The van der Waals surface area contributed by atoms with Crippen molar-refractivity contribution in [2.24, 2.45) is 0 Å². The predicted molar refractivity (Wildman–Crippen MR) is 62.6 cm³/mol. The predicted octanol–water partition coefficient (Wildman–Crippen LogP) is 2.59. The molecule has 6 heteroatoms. The number of nitrogens with zero attached hydrogens (tertiary/aromatic N) is 2. The van der Waals surface area contributed by atoms with Crippen LogP contribution in [-0.4, -0.2) is 16.1 Å². The van der Waals surface area contributed by atoms with E-state index in [0.717, 1.165) is 23.6 Å². The zero-order chi connectivity index (χ0) is 12.3. The molecule has 1 N–H and O–H groups in total. The summed E-state index contributed by atoms with van der Waals surface area (Å²) in [6.45, 7) is 3.45. The Morgan fingerprint density at radius 2 is 2.12 bits per heavy atom. The molecule has 2 aromatic rings. The molecule has 90 valence electrons. The number of rotatable bonds is 4. The number of nitrogens with one attached hydrogen (secondary N) is 1. The fourth-order valence-electron chi connectivity index (χ4n) is 1.43. The monoisotopic (exact) mass is 255 g/mol. The van der Waals surface area contributed by atoms with E-state index in [2.05, 4.69) is 14.9 Å². The molecule has 0 aliphatic carbocycles. The quantitative estimate of drug-likeness (QED) is 0.912. The largest absolute Gasteiger partial charge is 0.312 e. The maximum atomic E-state index is 13.1. The van der Waals surface area contributed by atoms with E-state index in [9.17, 15) is 8.78 Å². The average Bonchev–Trinajstić information content (AvgIpc) is 2.78. The lowest BCUT2D eigenvalue weighted by Gasteiger charge is -2.02.